The van der Waals surface area contributed by atoms with Crippen LogP contribution in [0.15, 0.2) is 54.7 Å². The molecule has 0 radical (unpaired) electrons. The fourth-order valence-electron chi connectivity index (χ4n) is 2.37. The predicted molar refractivity (Wildman–Crippen MR) is 83.8 cm³/mol. The molecule has 0 saturated heterocycles. The molecule has 3 nitrogen and oxygen atoms in total. The van der Waals surface area contributed by atoms with Gasteiger partial charge < -0.3 is 9.84 Å². The largest absolute Gasteiger partial charge is 0.495 e. The molecule has 3 rings (SSSR count). The quantitative estimate of drug-likeness (QED) is 0.795. The Morgan fingerprint density at radius 1 is 1.14 bits per heavy atom. The van der Waals surface area contributed by atoms with Crippen molar-refractivity contribution >= 4 is 22.5 Å². The van der Waals surface area contributed by atoms with Crippen LogP contribution in [0.1, 0.15) is 17.2 Å². The Morgan fingerprint density at radius 2 is 1.95 bits per heavy atom. The molecular formula is C17H14ClNO2. The van der Waals surface area contributed by atoms with E-state index in [0.717, 1.165) is 22.0 Å². The molecule has 0 fully saturated rings. The van der Waals surface area contributed by atoms with Gasteiger partial charge in [-0.25, -0.2) is 0 Å². The molecule has 0 aliphatic carbocycles. The summed E-state index contributed by atoms with van der Waals surface area (Å²) in [6.07, 6.45) is 0.941. The molecule has 1 N–H and O–H groups in total. The van der Waals surface area contributed by atoms with Gasteiger partial charge in [0.15, 0.2) is 0 Å². The van der Waals surface area contributed by atoms with Crippen LogP contribution in [0.2, 0.25) is 5.02 Å². The van der Waals surface area contributed by atoms with E-state index in [1.54, 1.807) is 31.5 Å². The number of para-hydroxylation sites is 1. The number of aliphatic hydroxyl groups is 1. The van der Waals surface area contributed by atoms with Crippen LogP contribution in [0.4, 0.5) is 0 Å². The number of nitrogens with zero attached hydrogens (tertiary/aromatic N) is 1. The third-order valence-electron chi connectivity index (χ3n) is 3.45. The lowest BCUT2D eigenvalue weighted by Crippen LogP contribution is -2.02. The maximum atomic E-state index is 10.7. The van der Waals surface area contributed by atoms with Crippen LogP contribution in [-0.2, 0) is 0 Å². The SMILES string of the molecule is COc1cc(C(O)c2cccc3cccnc23)ccc1Cl. The van der Waals surface area contributed by atoms with Gasteiger partial charge in [-0.2, -0.15) is 0 Å². The van der Waals surface area contributed by atoms with E-state index in [9.17, 15) is 5.11 Å². The third-order valence-corrected chi connectivity index (χ3v) is 3.76. The molecule has 0 amide bonds. The second-order valence-corrected chi connectivity index (χ2v) is 5.13. The van der Waals surface area contributed by atoms with Crippen molar-refractivity contribution in [2.75, 3.05) is 7.11 Å². The molecule has 0 spiro atoms. The van der Waals surface area contributed by atoms with Crippen molar-refractivity contribution in [3.63, 3.8) is 0 Å². The lowest BCUT2D eigenvalue weighted by Gasteiger charge is -2.15. The first-order valence-corrected chi connectivity index (χ1v) is 6.93. The Hall–Kier alpha value is -2.10. The first kappa shape index (κ1) is 13.9. The summed E-state index contributed by atoms with van der Waals surface area (Å²) >= 11 is 6.02. The van der Waals surface area contributed by atoms with Crippen LogP contribution in [0.5, 0.6) is 5.75 Å². The summed E-state index contributed by atoms with van der Waals surface area (Å²) in [6, 6.07) is 14.9. The number of aliphatic hydroxyl groups excluding tert-OH is 1. The highest BCUT2D eigenvalue weighted by molar-refractivity contribution is 6.32. The lowest BCUT2D eigenvalue weighted by atomic mass is 9.98. The van der Waals surface area contributed by atoms with Crippen LogP contribution < -0.4 is 4.74 Å². The van der Waals surface area contributed by atoms with E-state index in [1.807, 2.05) is 30.3 Å². The Labute approximate surface area is 127 Å². The van der Waals surface area contributed by atoms with Crippen LogP contribution in [-0.4, -0.2) is 17.2 Å². The minimum Gasteiger partial charge on any atom is -0.495 e. The zero-order valence-electron chi connectivity index (χ0n) is 11.5. The van der Waals surface area contributed by atoms with Gasteiger partial charge in [-0.3, -0.25) is 4.98 Å². The molecule has 106 valence electrons. The average Bonchev–Trinajstić information content (AvgIpc) is 2.54. The molecular weight excluding hydrogens is 286 g/mol. The second-order valence-electron chi connectivity index (χ2n) is 4.72. The number of hydrogen-bond acceptors (Lipinski definition) is 3. The van der Waals surface area contributed by atoms with Crippen molar-refractivity contribution < 1.29 is 9.84 Å². The summed E-state index contributed by atoms with van der Waals surface area (Å²) in [6.45, 7) is 0. The van der Waals surface area contributed by atoms with Crippen molar-refractivity contribution in [1.29, 1.82) is 0 Å². The normalized spacial score (nSPS) is 12.3. The van der Waals surface area contributed by atoms with Gasteiger partial charge in [0.05, 0.1) is 17.6 Å². The van der Waals surface area contributed by atoms with Gasteiger partial charge in [-0.05, 0) is 23.8 Å². The number of pyridine rings is 1. The van der Waals surface area contributed by atoms with E-state index >= 15 is 0 Å². The Bertz CT molecular complexity index is 783. The molecule has 3 aromatic rings. The summed E-state index contributed by atoms with van der Waals surface area (Å²) in [4.78, 5) is 4.37. The molecule has 21 heavy (non-hydrogen) atoms. The molecule has 0 aliphatic heterocycles. The van der Waals surface area contributed by atoms with Gasteiger partial charge in [-0.1, -0.05) is 41.9 Å². The van der Waals surface area contributed by atoms with Gasteiger partial charge >= 0.3 is 0 Å². The first-order valence-electron chi connectivity index (χ1n) is 6.56. The molecule has 1 aromatic heterocycles. The van der Waals surface area contributed by atoms with Crippen LogP contribution in [0.3, 0.4) is 0 Å². The summed E-state index contributed by atoms with van der Waals surface area (Å²) in [7, 11) is 1.55. The van der Waals surface area contributed by atoms with Crippen molar-refractivity contribution in [2.24, 2.45) is 0 Å². The Balaban J connectivity index is 2.10. The zero-order chi connectivity index (χ0) is 14.8. The van der Waals surface area contributed by atoms with E-state index in [2.05, 4.69) is 4.98 Å². The number of hydrogen-bond donors (Lipinski definition) is 1. The molecule has 2 aromatic carbocycles. The van der Waals surface area contributed by atoms with Gasteiger partial charge in [0.2, 0.25) is 0 Å². The lowest BCUT2D eigenvalue weighted by molar-refractivity contribution is 0.221. The fourth-order valence-corrected chi connectivity index (χ4v) is 2.57. The molecule has 1 unspecified atom stereocenters. The standard InChI is InChI=1S/C17H14ClNO2/c1-21-15-10-12(7-8-14(15)18)17(20)13-6-2-4-11-5-3-9-19-16(11)13/h2-10,17,20H,1H3. The maximum absolute atomic E-state index is 10.7. The van der Waals surface area contributed by atoms with E-state index in [0.29, 0.717) is 10.8 Å². The Kier molecular flexibility index (Phi) is 3.78. The summed E-state index contributed by atoms with van der Waals surface area (Å²) in [5.74, 6) is 0.543. The molecule has 0 aliphatic rings. The van der Waals surface area contributed by atoms with Gasteiger partial charge in [0, 0.05) is 17.1 Å². The second kappa shape index (κ2) is 5.72. The molecule has 1 atom stereocenters. The van der Waals surface area contributed by atoms with Gasteiger partial charge in [0.1, 0.15) is 11.9 Å². The van der Waals surface area contributed by atoms with Crippen molar-refractivity contribution in [1.82, 2.24) is 4.98 Å². The van der Waals surface area contributed by atoms with Crippen LogP contribution >= 0.6 is 11.6 Å². The minimum absolute atomic E-state index is 0.518. The fraction of sp³-hybridized carbons (Fsp3) is 0.118. The number of fused-ring (bicyclic) bond motifs is 1. The predicted octanol–water partition coefficient (Wildman–Crippen LogP) is 3.98. The first-order chi connectivity index (χ1) is 10.2. The highest BCUT2D eigenvalue weighted by atomic mass is 35.5. The molecule has 0 bridgehead atoms. The van der Waals surface area contributed by atoms with Crippen molar-refractivity contribution in [2.45, 2.75) is 6.10 Å². The smallest absolute Gasteiger partial charge is 0.137 e. The topological polar surface area (TPSA) is 42.4 Å². The van der Waals surface area contributed by atoms with Crippen LogP contribution in [0, 0.1) is 0 Å². The highest BCUT2D eigenvalue weighted by Gasteiger charge is 2.15. The molecule has 0 saturated carbocycles. The molecule has 1 heterocycles. The molecule has 4 heteroatoms. The van der Waals surface area contributed by atoms with Crippen LogP contribution in [0.25, 0.3) is 10.9 Å². The third kappa shape index (κ3) is 2.58. The van der Waals surface area contributed by atoms with Gasteiger partial charge in [0.25, 0.3) is 0 Å². The van der Waals surface area contributed by atoms with E-state index in [4.69, 9.17) is 16.3 Å². The number of halogens is 1. The number of ether oxygens (including phenoxy) is 1. The van der Waals surface area contributed by atoms with E-state index in [1.165, 1.54) is 0 Å². The van der Waals surface area contributed by atoms with Crippen molar-refractivity contribution in [3.8, 4) is 5.75 Å². The highest BCUT2D eigenvalue weighted by Crippen LogP contribution is 2.32. The average molecular weight is 300 g/mol. The van der Waals surface area contributed by atoms with E-state index in [-0.39, 0.29) is 0 Å². The van der Waals surface area contributed by atoms with Crippen molar-refractivity contribution in [3.05, 3.63) is 70.9 Å². The van der Waals surface area contributed by atoms with Gasteiger partial charge in [-0.15, -0.1) is 0 Å². The van der Waals surface area contributed by atoms with E-state index < -0.39 is 6.10 Å². The number of benzene rings is 2. The number of rotatable bonds is 3. The number of aromatic nitrogens is 1. The maximum Gasteiger partial charge on any atom is 0.137 e. The Morgan fingerprint density at radius 3 is 2.76 bits per heavy atom. The zero-order valence-corrected chi connectivity index (χ0v) is 12.2. The summed E-state index contributed by atoms with van der Waals surface area (Å²) in [5, 5.41) is 12.2. The summed E-state index contributed by atoms with van der Waals surface area (Å²) < 4.78 is 5.20. The monoisotopic (exact) mass is 299 g/mol. The summed E-state index contributed by atoms with van der Waals surface area (Å²) in [5.41, 5.74) is 2.27. The number of methoxy groups -OCH3 is 1. The minimum atomic E-state index is -0.783.